The molecule has 102 valence electrons. The summed E-state index contributed by atoms with van der Waals surface area (Å²) in [7, 11) is 0. The molecular formula is C15H21N3O. The molecule has 2 aliphatic rings. The summed E-state index contributed by atoms with van der Waals surface area (Å²) in [5.74, 6) is 0.00347. The first-order valence-corrected chi connectivity index (χ1v) is 7.13. The smallest absolute Gasteiger partial charge is 0.251 e. The van der Waals surface area contributed by atoms with Gasteiger partial charge in [0.15, 0.2) is 0 Å². The van der Waals surface area contributed by atoms with Gasteiger partial charge in [0.1, 0.15) is 0 Å². The fourth-order valence-electron chi connectivity index (χ4n) is 3.30. The summed E-state index contributed by atoms with van der Waals surface area (Å²) in [6, 6.07) is 8.17. The number of hydrogen-bond acceptors (Lipinski definition) is 3. The Balaban J connectivity index is 1.61. The van der Waals surface area contributed by atoms with E-state index in [0.29, 0.717) is 23.3 Å². The molecule has 2 atom stereocenters. The van der Waals surface area contributed by atoms with E-state index in [1.165, 1.54) is 19.4 Å². The molecule has 2 unspecified atom stereocenters. The summed E-state index contributed by atoms with van der Waals surface area (Å²) in [6.45, 7) is 2.35. The first kappa shape index (κ1) is 12.5. The largest absolute Gasteiger partial charge is 0.399 e. The second-order valence-electron chi connectivity index (χ2n) is 5.65. The van der Waals surface area contributed by atoms with Crippen LogP contribution in [0.15, 0.2) is 24.3 Å². The fourth-order valence-corrected chi connectivity index (χ4v) is 3.30. The number of nitrogens with two attached hydrogens (primary N) is 1. The van der Waals surface area contributed by atoms with Crippen molar-refractivity contribution in [3.8, 4) is 0 Å². The Morgan fingerprint density at radius 1 is 1.32 bits per heavy atom. The maximum Gasteiger partial charge on any atom is 0.251 e. The highest BCUT2D eigenvalue weighted by Crippen LogP contribution is 2.26. The van der Waals surface area contributed by atoms with Gasteiger partial charge in [-0.25, -0.2) is 0 Å². The van der Waals surface area contributed by atoms with Crippen LogP contribution >= 0.6 is 0 Å². The number of nitrogen functional groups attached to an aromatic ring is 1. The summed E-state index contributed by atoms with van der Waals surface area (Å²) in [4.78, 5) is 14.7. The van der Waals surface area contributed by atoms with Gasteiger partial charge in [0.25, 0.3) is 5.91 Å². The monoisotopic (exact) mass is 259 g/mol. The van der Waals surface area contributed by atoms with Gasteiger partial charge in [0.2, 0.25) is 0 Å². The minimum absolute atomic E-state index is 0.00347. The molecule has 0 aliphatic carbocycles. The molecule has 19 heavy (non-hydrogen) atoms. The maximum atomic E-state index is 12.2. The van der Waals surface area contributed by atoms with Crippen molar-refractivity contribution in [2.24, 2.45) is 0 Å². The summed E-state index contributed by atoms with van der Waals surface area (Å²) < 4.78 is 0. The molecule has 4 nitrogen and oxygen atoms in total. The van der Waals surface area contributed by atoms with Gasteiger partial charge in [0, 0.05) is 29.9 Å². The number of anilines is 1. The molecule has 1 aromatic rings. The van der Waals surface area contributed by atoms with Crippen molar-refractivity contribution < 1.29 is 4.79 Å². The number of benzene rings is 1. The van der Waals surface area contributed by atoms with Crippen LogP contribution in [-0.4, -0.2) is 36.0 Å². The third-order valence-electron chi connectivity index (χ3n) is 4.30. The molecule has 1 aromatic carbocycles. The van der Waals surface area contributed by atoms with Gasteiger partial charge in [-0.1, -0.05) is 6.07 Å². The first-order valence-electron chi connectivity index (χ1n) is 7.13. The lowest BCUT2D eigenvalue weighted by molar-refractivity contribution is 0.0896. The standard InChI is InChI=1S/C15H21N3O/c16-12-4-1-3-11(9-12)15(19)17-13-6-8-18-7-2-5-14(18)10-13/h1,3-4,9,13-14H,2,5-8,10,16H2,(H,17,19). The summed E-state index contributed by atoms with van der Waals surface area (Å²) in [5.41, 5.74) is 7.01. The van der Waals surface area contributed by atoms with Crippen LogP contribution in [0.5, 0.6) is 0 Å². The van der Waals surface area contributed by atoms with Crippen molar-refractivity contribution in [2.45, 2.75) is 37.8 Å². The van der Waals surface area contributed by atoms with Crippen LogP contribution in [0, 0.1) is 0 Å². The highest BCUT2D eigenvalue weighted by molar-refractivity contribution is 5.95. The predicted molar refractivity (Wildman–Crippen MR) is 75.9 cm³/mol. The zero-order valence-corrected chi connectivity index (χ0v) is 11.1. The Hall–Kier alpha value is -1.55. The normalized spacial score (nSPS) is 26.9. The molecule has 2 heterocycles. The van der Waals surface area contributed by atoms with Crippen LogP contribution < -0.4 is 11.1 Å². The SMILES string of the molecule is Nc1cccc(C(=O)NC2CCN3CCCC3C2)c1. The summed E-state index contributed by atoms with van der Waals surface area (Å²) in [6.07, 6.45) is 4.74. The van der Waals surface area contributed by atoms with E-state index in [-0.39, 0.29) is 5.91 Å². The average Bonchev–Trinajstić information content (AvgIpc) is 2.86. The Kier molecular flexibility index (Phi) is 3.42. The Labute approximate surface area is 114 Å². The molecule has 2 aliphatic heterocycles. The van der Waals surface area contributed by atoms with Crippen LogP contribution in [0.1, 0.15) is 36.0 Å². The van der Waals surface area contributed by atoms with E-state index >= 15 is 0 Å². The van der Waals surface area contributed by atoms with Gasteiger partial charge in [-0.05, 0) is 50.4 Å². The number of carbonyl (C=O) groups is 1. The number of nitrogens with one attached hydrogen (secondary N) is 1. The van der Waals surface area contributed by atoms with E-state index in [1.807, 2.05) is 12.1 Å². The summed E-state index contributed by atoms with van der Waals surface area (Å²) >= 11 is 0. The number of piperidine rings is 1. The predicted octanol–water partition coefficient (Wildman–Crippen LogP) is 1.63. The lowest BCUT2D eigenvalue weighted by Gasteiger charge is -2.35. The molecule has 1 amide bonds. The van der Waals surface area contributed by atoms with Crippen LogP contribution in [0.25, 0.3) is 0 Å². The van der Waals surface area contributed by atoms with Crippen molar-refractivity contribution in [3.05, 3.63) is 29.8 Å². The number of nitrogens with zero attached hydrogens (tertiary/aromatic N) is 1. The van der Waals surface area contributed by atoms with Crippen molar-refractivity contribution >= 4 is 11.6 Å². The molecule has 0 aromatic heterocycles. The highest BCUT2D eigenvalue weighted by Gasteiger charge is 2.32. The molecule has 3 N–H and O–H groups in total. The Bertz CT molecular complexity index is 474. The molecular weight excluding hydrogens is 238 g/mol. The zero-order chi connectivity index (χ0) is 13.2. The minimum atomic E-state index is 0.00347. The van der Waals surface area contributed by atoms with E-state index in [4.69, 9.17) is 5.73 Å². The van der Waals surface area contributed by atoms with Crippen LogP contribution in [0.2, 0.25) is 0 Å². The van der Waals surface area contributed by atoms with Crippen molar-refractivity contribution in [3.63, 3.8) is 0 Å². The molecule has 4 heteroatoms. The lowest BCUT2D eigenvalue weighted by atomic mass is 9.97. The Morgan fingerprint density at radius 3 is 3.05 bits per heavy atom. The molecule has 0 spiro atoms. The van der Waals surface area contributed by atoms with Gasteiger partial charge >= 0.3 is 0 Å². The summed E-state index contributed by atoms with van der Waals surface area (Å²) in [5, 5.41) is 3.15. The molecule has 0 saturated carbocycles. The molecule has 3 rings (SSSR count). The van der Waals surface area contributed by atoms with Gasteiger partial charge in [-0.3, -0.25) is 4.79 Å². The molecule has 2 saturated heterocycles. The van der Waals surface area contributed by atoms with Gasteiger partial charge in [-0.2, -0.15) is 0 Å². The maximum absolute atomic E-state index is 12.2. The van der Waals surface area contributed by atoms with Crippen LogP contribution in [0.3, 0.4) is 0 Å². The van der Waals surface area contributed by atoms with Gasteiger partial charge < -0.3 is 16.0 Å². The number of fused-ring (bicyclic) bond motifs is 1. The van der Waals surface area contributed by atoms with E-state index in [2.05, 4.69) is 10.2 Å². The third kappa shape index (κ3) is 2.73. The van der Waals surface area contributed by atoms with Gasteiger partial charge in [0.05, 0.1) is 0 Å². The number of hydrogen-bond donors (Lipinski definition) is 2. The van der Waals surface area contributed by atoms with Crippen molar-refractivity contribution in [1.82, 2.24) is 10.2 Å². The number of carbonyl (C=O) groups excluding carboxylic acids is 1. The van der Waals surface area contributed by atoms with E-state index in [9.17, 15) is 4.79 Å². The highest BCUT2D eigenvalue weighted by atomic mass is 16.1. The molecule has 0 bridgehead atoms. The quantitative estimate of drug-likeness (QED) is 0.794. The molecule has 0 radical (unpaired) electrons. The number of amides is 1. The lowest BCUT2D eigenvalue weighted by Crippen LogP contribution is -2.47. The Morgan fingerprint density at radius 2 is 2.21 bits per heavy atom. The van der Waals surface area contributed by atoms with Crippen LogP contribution in [-0.2, 0) is 0 Å². The van der Waals surface area contributed by atoms with Crippen molar-refractivity contribution in [1.29, 1.82) is 0 Å². The zero-order valence-electron chi connectivity index (χ0n) is 11.1. The van der Waals surface area contributed by atoms with Crippen LogP contribution in [0.4, 0.5) is 5.69 Å². The van der Waals surface area contributed by atoms with E-state index < -0.39 is 0 Å². The minimum Gasteiger partial charge on any atom is -0.399 e. The second-order valence-corrected chi connectivity index (χ2v) is 5.65. The molecule has 2 fully saturated rings. The number of rotatable bonds is 2. The van der Waals surface area contributed by atoms with Gasteiger partial charge in [-0.15, -0.1) is 0 Å². The first-order chi connectivity index (χ1) is 9.22. The second kappa shape index (κ2) is 5.21. The average molecular weight is 259 g/mol. The van der Waals surface area contributed by atoms with E-state index in [1.54, 1.807) is 12.1 Å². The van der Waals surface area contributed by atoms with E-state index in [0.717, 1.165) is 19.4 Å². The topological polar surface area (TPSA) is 58.4 Å². The third-order valence-corrected chi connectivity index (χ3v) is 4.30. The van der Waals surface area contributed by atoms with Crippen molar-refractivity contribution in [2.75, 3.05) is 18.8 Å². The fraction of sp³-hybridized carbons (Fsp3) is 0.533.